The number of aliphatic hydroxyl groups excluding tert-OH is 1. The number of aliphatic hydroxyl groups is 1. The van der Waals surface area contributed by atoms with E-state index in [1.807, 2.05) is 0 Å². The summed E-state index contributed by atoms with van der Waals surface area (Å²) >= 11 is 0. The lowest BCUT2D eigenvalue weighted by atomic mass is 9.78. The summed E-state index contributed by atoms with van der Waals surface area (Å²) in [6.45, 7) is -0.329. The molecule has 2 N–H and O–H groups in total. The maximum atomic E-state index is 13.0. The van der Waals surface area contributed by atoms with Crippen molar-refractivity contribution in [2.24, 2.45) is 0 Å². The molecule has 0 unspecified atom stereocenters. The van der Waals surface area contributed by atoms with Gasteiger partial charge in [-0.3, -0.25) is 0 Å². The normalized spacial score (nSPS) is 18.4. The standard InChI is InChI=1S/C11H13F2NO3S/c12-8-4-9(13)6-10(5-8)18(16,17)14-11(7-15)2-1-3-11/h4-6,14-15H,1-3,7H2. The van der Waals surface area contributed by atoms with Crippen molar-refractivity contribution < 1.29 is 22.3 Å². The smallest absolute Gasteiger partial charge is 0.241 e. The Labute approximate surface area is 104 Å². The topological polar surface area (TPSA) is 66.4 Å². The number of sulfonamides is 1. The van der Waals surface area contributed by atoms with E-state index in [4.69, 9.17) is 0 Å². The summed E-state index contributed by atoms with van der Waals surface area (Å²) in [7, 11) is -4.03. The Hall–Kier alpha value is -1.05. The quantitative estimate of drug-likeness (QED) is 0.868. The first-order chi connectivity index (χ1) is 8.37. The minimum Gasteiger partial charge on any atom is -0.394 e. The van der Waals surface area contributed by atoms with Crippen molar-refractivity contribution in [2.45, 2.75) is 29.7 Å². The van der Waals surface area contributed by atoms with Crippen molar-refractivity contribution >= 4 is 10.0 Å². The van der Waals surface area contributed by atoms with Crippen LogP contribution >= 0.6 is 0 Å². The third kappa shape index (κ3) is 2.52. The van der Waals surface area contributed by atoms with E-state index >= 15 is 0 Å². The summed E-state index contributed by atoms with van der Waals surface area (Å²) in [5.74, 6) is -1.91. The Bertz CT molecular complexity index is 530. The number of rotatable bonds is 4. The molecule has 1 aromatic rings. The lowest BCUT2D eigenvalue weighted by Gasteiger charge is -2.40. The number of nitrogens with one attached hydrogen (secondary N) is 1. The molecule has 0 heterocycles. The van der Waals surface area contributed by atoms with Crippen LogP contribution in [0.2, 0.25) is 0 Å². The zero-order chi connectivity index (χ0) is 13.4. The highest BCUT2D eigenvalue weighted by Gasteiger charge is 2.40. The summed E-state index contributed by atoms with van der Waals surface area (Å²) in [5, 5.41) is 9.18. The fraction of sp³-hybridized carbons (Fsp3) is 0.455. The SMILES string of the molecule is O=S(=O)(NC1(CO)CCC1)c1cc(F)cc(F)c1. The van der Waals surface area contributed by atoms with E-state index in [1.165, 1.54) is 0 Å². The van der Waals surface area contributed by atoms with E-state index in [-0.39, 0.29) is 6.61 Å². The predicted octanol–water partition coefficient (Wildman–Crippen LogP) is 1.16. The summed E-state index contributed by atoms with van der Waals surface area (Å²) in [6, 6.07) is 2.09. The lowest BCUT2D eigenvalue weighted by molar-refractivity contribution is 0.110. The van der Waals surface area contributed by atoms with Gasteiger partial charge >= 0.3 is 0 Å². The zero-order valence-corrected chi connectivity index (χ0v) is 10.3. The minimum absolute atomic E-state index is 0.329. The molecule has 0 amide bonds. The Kier molecular flexibility index (Phi) is 3.39. The Morgan fingerprint density at radius 2 is 1.78 bits per heavy atom. The molecule has 0 bridgehead atoms. The summed E-state index contributed by atoms with van der Waals surface area (Å²) in [6.07, 6.45) is 1.83. The molecular formula is C11H13F2NO3S. The Morgan fingerprint density at radius 1 is 1.22 bits per heavy atom. The Balaban J connectivity index is 2.30. The van der Waals surface area contributed by atoms with Crippen LogP contribution in [0.3, 0.4) is 0 Å². The van der Waals surface area contributed by atoms with Gasteiger partial charge in [0.1, 0.15) is 11.6 Å². The molecule has 0 saturated heterocycles. The van der Waals surface area contributed by atoms with Crippen LogP contribution in [0.4, 0.5) is 8.78 Å². The van der Waals surface area contributed by atoms with E-state index in [1.54, 1.807) is 0 Å². The molecule has 7 heteroatoms. The summed E-state index contributed by atoms with van der Waals surface area (Å²) in [4.78, 5) is -0.472. The minimum atomic E-state index is -4.03. The predicted molar refractivity (Wildman–Crippen MR) is 60.3 cm³/mol. The van der Waals surface area contributed by atoms with E-state index in [0.29, 0.717) is 18.9 Å². The van der Waals surface area contributed by atoms with Gasteiger partial charge in [-0.2, -0.15) is 0 Å². The first-order valence-corrected chi connectivity index (χ1v) is 6.96. The van der Waals surface area contributed by atoms with Crippen molar-refractivity contribution in [1.29, 1.82) is 0 Å². The highest BCUT2D eigenvalue weighted by Crippen LogP contribution is 2.33. The van der Waals surface area contributed by atoms with Crippen LogP contribution in [0.15, 0.2) is 23.1 Å². The molecule has 0 aliphatic heterocycles. The van der Waals surface area contributed by atoms with Gasteiger partial charge in [0.25, 0.3) is 0 Å². The third-order valence-corrected chi connectivity index (χ3v) is 4.67. The van der Waals surface area contributed by atoms with Gasteiger partial charge in [-0.05, 0) is 31.4 Å². The van der Waals surface area contributed by atoms with E-state index in [0.717, 1.165) is 18.6 Å². The van der Waals surface area contributed by atoms with Crippen molar-refractivity contribution in [3.63, 3.8) is 0 Å². The van der Waals surface area contributed by atoms with Gasteiger partial charge in [-0.15, -0.1) is 0 Å². The fourth-order valence-electron chi connectivity index (χ4n) is 1.92. The first-order valence-electron chi connectivity index (χ1n) is 5.48. The van der Waals surface area contributed by atoms with Gasteiger partial charge in [-0.25, -0.2) is 21.9 Å². The number of benzene rings is 1. The second-order valence-electron chi connectivity index (χ2n) is 4.50. The number of hydrogen-bond donors (Lipinski definition) is 2. The molecule has 0 atom stereocenters. The highest BCUT2D eigenvalue weighted by molar-refractivity contribution is 7.89. The average molecular weight is 277 g/mol. The second-order valence-corrected chi connectivity index (χ2v) is 6.19. The van der Waals surface area contributed by atoms with Crippen LogP contribution in [-0.4, -0.2) is 25.7 Å². The molecule has 1 aliphatic carbocycles. The molecule has 1 aliphatic rings. The van der Waals surface area contributed by atoms with E-state index < -0.39 is 32.1 Å². The Morgan fingerprint density at radius 3 is 2.17 bits per heavy atom. The fourth-order valence-corrected chi connectivity index (χ4v) is 3.42. The summed E-state index contributed by atoms with van der Waals surface area (Å²) in [5.41, 5.74) is -0.887. The van der Waals surface area contributed by atoms with Crippen LogP contribution < -0.4 is 4.72 Å². The van der Waals surface area contributed by atoms with Crippen LogP contribution in [0.5, 0.6) is 0 Å². The van der Waals surface area contributed by atoms with Gasteiger partial charge in [-0.1, -0.05) is 0 Å². The van der Waals surface area contributed by atoms with Crippen LogP contribution in [-0.2, 0) is 10.0 Å². The van der Waals surface area contributed by atoms with Crippen molar-refractivity contribution in [3.05, 3.63) is 29.8 Å². The van der Waals surface area contributed by atoms with Crippen molar-refractivity contribution in [3.8, 4) is 0 Å². The van der Waals surface area contributed by atoms with Crippen molar-refractivity contribution in [1.82, 2.24) is 4.72 Å². The summed E-state index contributed by atoms with van der Waals surface area (Å²) < 4.78 is 52.2. The monoisotopic (exact) mass is 277 g/mol. The van der Waals surface area contributed by atoms with Gasteiger partial charge in [0.05, 0.1) is 17.0 Å². The molecule has 1 aromatic carbocycles. The maximum Gasteiger partial charge on any atom is 0.241 e. The molecule has 0 spiro atoms. The van der Waals surface area contributed by atoms with Gasteiger partial charge in [0.2, 0.25) is 10.0 Å². The average Bonchev–Trinajstić information content (AvgIpc) is 2.22. The lowest BCUT2D eigenvalue weighted by Crippen LogP contribution is -2.55. The highest BCUT2D eigenvalue weighted by atomic mass is 32.2. The molecule has 0 radical (unpaired) electrons. The molecule has 4 nitrogen and oxygen atoms in total. The largest absolute Gasteiger partial charge is 0.394 e. The zero-order valence-electron chi connectivity index (χ0n) is 9.49. The molecule has 18 heavy (non-hydrogen) atoms. The van der Waals surface area contributed by atoms with E-state index in [2.05, 4.69) is 4.72 Å². The maximum absolute atomic E-state index is 13.0. The molecular weight excluding hydrogens is 264 g/mol. The second kappa shape index (κ2) is 4.56. The molecule has 1 saturated carbocycles. The molecule has 1 fully saturated rings. The molecule has 100 valence electrons. The molecule has 2 rings (SSSR count). The first kappa shape index (κ1) is 13.4. The molecule has 0 aromatic heterocycles. The number of halogens is 2. The van der Waals surface area contributed by atoms with Crippen molar-refractivity contribution in [2.75, 3.05) is 6.61 Å². The third-order valence-electron chi connectivity index (χ3n) is 3.11. The van der Waals surface area contributed by atoms with Crippen LogP contribution in [0.1, 0.15) is 19.3 Å². The van der Waals surface area contributed by atoms with E-state index in [9.17, 15) is 22.3 Å². The van der Waals surface area contributed by atoms with Gasteiger partial charge < -0.3 is 5.11 Å². The van der Waals surface area contributed by atoms with Crippen LogP contribution in [0, 0.1) is 11.6 Å². The van der Waals surface area contributed by atoms with Gasteiger partial charge in [0.15, 0.2) is 0 Å². The van der Waals surface area contributed by atoms with Gasteiger partial charge in [0, 0.05) is 6.07 Å². The number of hydrogen-bond acceptors (Lipinski definition) is 3. The van der Waals surface area contributed by atoms with Crippen LogP contribution in [0.25, 0.3) is 0 Å².